The van der Waals surface area contributed by atoms with E-state index in [1.165, 1.54) is 5.56 Å². The van der Waals surface area contributed by atoms with Crippen molar-refractivity contribution in [3.63, 3.8) is 0 Å². The Morgan fingerprint density at radius 2 is 1.83 bits per heavy atom. The molecule has 1 saturated heterocycles. The lowest BCUT2D eigenvalue weighted by Gasteiger charge is -2.27. The van der Waals surface area contributed by atoms with E-state index in [9.17, 15) is 4.79 Å². The second-order valence-electron chi connectivity index (χ2n) is 5.35. The third kappa shape index (κ3) is 5.19. The normalized spacial score (nSPS) is 15.1. The molecule has 1 aromatic carbocycles. The van der Waals surface area contributed by atoms with Gasteiger partial charge in [0.15, 0.2) is 0 Å². The Labute approximate surface area is 109 Å². The molecule has 3 N–H and O–H groups in total. The monoisotopic (exact) mass is 250 g/mol. The van der Waals surface area contributed by atoms with Gasteiger partial charge in [0.25, 0.3) is 6.47 Å². The van der Waals surface area contributed by atoms with Gasteiger partial charge in [-0.1, -0.05) is 12.1 Å². The minimum atomic E-state index is -0.318. The molecule has 1 aromatic rings. The van der Waals surface area contributed by atoms with Crippen LogP contribution in [0.25, 0.3) is 0 Å². The number of rotatable bonds is 2. The summed E-state index contributed by atoms with van der Waals surface area (Å²) in [6, 6.07) is 8.16. The third-order valence-corrected chi connectivity index (χ3v) is 2.59. The van der Waals surface area contributed by atoms with Gasteiger partial charge in [-0.2, -0.15) is 0 Å². The quantitative estimate of drug-likeness (QED) is 0.621. The van der Waals surface area contributed by atoms with Crippen molar-refractivity contribution >= 4 is 12.2 Å². The molecule has 1 aliphatic rings. The van der Waals surface area contributed by atoms with E-state index in [1.807, 2.05) is 32.9 Å². The summed E-state index contributed by atoms with van der Waals surface area (Å²) < 4.78 is 4.55. The van der Waals surface area contributed by atoms with Gasteiger partial charge in [0.1, 0.15) is 5.60 Å². The maximum atomic E-state index is 9.60. The number of benzene rings is 1. The molecule has 1 aliphatic heterocycles. The molecular formula is C14H22N2O2. The average molecular weight is 250 g/mol. The first-order valence-corrected chi connectivity index (χ1v) is 6.10. The second kappa shape index (κ2) is 6.40. The standard InChI is InChI=1S/C9H12N2.C5H10O2/c10-9-3-1-7(2-4-9)8-5-11-6-8;1-5(2,3)7-4-6/h1-4,8,11H,5-6,10H2;4H,1-3H3. The molecule has 2 rings (SSSR count). The van der Waals surface area contributed by atoms with Crippen LogP contribution in [-0.2, 0) is 9.53 Å². The fourth-order valence-electron chi connectivity index (χ4n) is 1.44. The van der Waals surface area contributed by atoms with Crippen molar-refractivity contribution in [1.29, 1.82) is 0 Å². The molecule has 4 nitrogen and oxygen atoms in total. The van der Waals surface area contributed by atoms with Gasteiger partial charge in [-0.25, -0.2) is 0 Å². The minimum absolute atomic E-state index is 0.318. The van der Waals surface area contributed by atoms with Crippen LogP contribution < -0.4 is 11.1 Å². The summed E-state index contributed by atoms with van der Waals surface area (Å²) in [5.74, 6) is 0.718. The first kappa shape index (κ1) is 14.5. The highest BCUT2D eigenvalue weighted by Crippen LogP contribution is 2.20. The molecule has 0 aliphatic carbocycles. The zero-order chi connectivity index (χ0) is 13.6. The molecule has 0 radical (unpaired) electrons. The van der Waals surface area contributed by atoms with E-state index < -0.39 is 0 Å². The Bertz CT molecular complexity index is 364. The van der Waals surface area contributed by atoms with Gasteiger partial charge < -0.3 is 15.8 Å². The van der Waals surface area contributed by atoms with Crippen LogP contribution in [0.1, 0.15) is 32.3 Å². The van der Waals surface area contributed by atoms with Crippen LogP contribution in [0.4, 0.5) is 5.69 Å². The number of nitrogens with two attached hydrogens (primary N) is 1. The fraction of sp³-hybridized carbons (Fsp3) is 0.500. The van der Waals surface area contributed by atoms with Crippen molar-refractivity contribution in [2.45, 2.75) is 32.3 Å². The van der Waals surface area contributed by atoms with Crippen LogP contribution in [0.15, 0.2) is 24.3 Å². The predicted molar refractivity (Wildman–Crippen MR) is 73.4 cm³/mol. The zero-order valence-electron chi connectivity index (χ0n) is 11.3. The van der Waals surface area contributed by atoms with E-state index in [-0.39, 0.29) is 5.60 Å². The number of ether oxygens (including phenoxy) is 1. The highest BCUT2D eigenvalue weighted by atomic mass is 16.5. The third-order valence-electron chi connectivity index (χ3n) is 2.59. The van der Waals surface area contributed by atoms with Gasteiger partial charge in [0.2, 0.25) is 0 Å². The molecule has 0 unspecified atom stereocenters. The number of hydrogen-bond acceptors (Lipinski definition) is 4. The van der Waals surface area contributed by atoms with E-state index in [2.05, 4.69) is 22.2 Å². The van der Waals surface area contributed by atoms with Crippen molar-refractivity contribution < 1.29 is 9.53 Å². The Hall–Kier alpha value is -1.55. The van der Waals surface area contributed by atoms with Crippen molar-refractivity contribution in [2.75, 3.05) is 18.8 Å². The fourth-order valence-corrected chi connectivity index (χ4v) is 1.44. The second-order valence-corrected chi connectivity index (χ2v) is 5.35. The van der Waals surface area contributed by atoms with Gasteiger partial charge in [0, 0.05) is 24.7 Å². The first-order chi connectivity index (χ1) is 8.42. The number of anilines is 1. The van der Waals surface area contributed by atoms with Crippen LogP contribution >= 0.6 is 0 Å². The van der Waals surface area contributed by atoms with Crippen LogP contribution in [0, 0.1) is 0 Å². The van der Waals surface area contributed by atoms with E-state index in [0.29, 0.717) is 6.47 Å². The lowest BCUT2D eigenvalue weighted by molar-refractivity contribution is -0.138. The molecule has 100 valence electrons. The van der Waals surface area contributed by atoms with E-state index >= 15 is 0 Å². The summed E-state index contributed by atoms with van der Waals surface area (Å²) in [6.45, 7) is 8.15. The molecule has 0 saturated carbocycles. The highest BCUT2D eigenvalue weighted by Gasteiger charge is 2.17. The molecule has 1 fully saturated rings. The average Bonchev–Trinajstić information content (AvgIpc) is 2.18. The maximum absolute atomic E-state index is 9.60. The van der Waals surface area contributed by atoms with E-state index in [0.717, 1.165) is 24.7 Å². The van der Waals surface area contributed by atoms with Crippen molar-refractivity contribution in [3.05, 3.63) is 29.8 Å². The first-order valence-electron chi connectivity index (χ1n) is 6.10. The van der Waals surface area contributed by atoms with Gasteiger partial charge in [0.05, 0.1) is 0 Å². The molecule has 0 aromatic heterocycles. The number of nitrogen functional groups attached to an aromatic ring is 1. The van der Waals surface area contributed by atoms with Crippen LogP contribution in [0.5, 0.6) is 0 Å². The predicted octanol–water partition coefficient (Wildman–Crippen LogP) is 1.91. The summed E-state index contributed by atoms with van der Waals surface area (Å²) >= 11 is 0. The lowest BCUT2D eigenvalue weighted by Crippen LogP contribution is -2.39. The summed E-state index contributed by atoms with van der Waals surface area (Å²) in [5, 5.41) is 3.24. The largest absolute Gasteiger partial charge is 0.462 e. The van der Waals surface area contributed by atoms with E-state index in [1.54, 1.807) is 0 Å². The molecule has 1 heterocycles. The summed E-state index contributed by atoms with van der Waals surface area (Å²) in [7, 11) is 0. The molecule has 0 amide bonds. The topological polar surface area (TPSA) is 64.3 Å². The Morgan fingerprint density at radius 3 is 2.11 bits per heavy atom. The summed E-state index contributed by atoms with van der Waals surface area (Å²) in [5.41, 5.74) is 7.50. The smallest absolute Gasteiger partial charge is 0.293 e. The highest BCUT2D eigenvalue weighted by molar-refractivity contribution is 5.40. The SMILES string of the molecule is CC(C)(C)OC=O.Nc1ccc(C2CNC2)cc1. The number of carbonyl (C=O) groups excluding carboxylic acids is 1. The summed E-state index contributed by atoms with van der Waals surface area (Å²) in [6.07, 6.45) is 0. The van der Waals surface area contributed by atoms with Gasteiger partial charge in [-0.15, -0.1) is 0 Å². The zero-order valence-corrected chi connectivity index (χ0v) is 11.3. The van der Waals surface area contributed by atoms with Crippen molar-refractivity contribution in [3.8, 4) is 0 Å². The Balaban J connectivity index is 0.000000203. The Kier molecular flexibility index (Phi) is 5.16. The maximum Gasteiger partial charge on any atom is 0.293 e. The molecule has 0 atom stereocenters. The van der Waals surface area contributed by atoms with Gasteiger partial charge in [-0.05, 0) is 38.5 Å². The summed E-state index contributed by atoms with van der Waals surface area (Å²) in [4.78, 5) is 9.60. The van der Waals surface area contributed by atoms with Crippen molar-refractivity contribution in [2.24, 2.45) is 0 Å². The van der Waals surface area contributed by atoms with E-state index in [4.69, 9.17) is 5.73 Å². The van der Waals surface area contributed by atoms with Crippen molar-refractivity contribution in [1.82, 2.24) is 5.32 Å². The number of nitrogens with one attached hydrogen (secondary N) is 1. The van der Waals surface area contributed by atoms with Crippen LogP contribution in [-0.4, -0.2) is 25.2 Å². The molecule has 18 heavy (non-hydrogen) atoms. The molecular weight excluding hydrogens is 228 g/mol. The van der Waals surface area contributed by atoms with Crippen LogP contribution in [0.3, 0.4) is 0 Å². The van der Waals surface area contributed by atoms with Gasteiger partial charge in [-0.3, -0.25) is 4.79 Å². The van der Waals surface area contributed by atoms with Crippen LogP contribution in [0.2, 0.25) is 0 Å². The Morgan fingerprint density at radius 1 is 1.28 bits per heavy atom. The minimum Gasteiger partial charge on any atom is -0.462 e. The lowest BCUT2D eigenvalue weighted by atomic mass is 9.94. The molecule has 0 bridgehead atoms. The number of carbonyl (C=O) groups is 1. The molecule has 0 spiro atoms. The number of hydrogen-bond donors (Lipinski definition) is 2. The molecule has 4 heteroatoms. The van der Waals surface area contributed by atoms with Gasteiger partial charge >= 0.3 is 0 Å².